The van der Waals surface area contributed by atoms with Gasteiger partial charge < -0.3 is 36.7 Å². The Morgan fingerprint density at radius 2 is 1.77 bits per heavy atom. The fourth-order valence-electron chi connectivity index (χ4n) is 3.06. The number of nitrogens with one attached hydrogen (secondary N) is 3. The molecule has 1 aromatic heterocycles. The number of nitrogens with two attached hydrogens (primary N) is 1. The van der Waals surface area contributed by atoms with Crippen molar-refractivity contribution >= 4 is 34.7 Å². The molecule has 0 saturated heterocycles. The average molecular weight is 434 g/mol. The van der Waals surface area contributed by atoms with Crippen molar-refractivity contribution in [2.24, 2.45) is 5.73 Å². The van der Waals surface area contributed by atoms with Crippen molar-refractivity contribution in [2.45, 2.75) is 50.4 Å². The lowest BCUT2D eigenvalue weighted by Gasteiger charge is -2.24. The molecular formula is C20H26N4O7. The monoisotopic (exact) mass is 434 g/mol. The Kier molecular flexibility index (Phi) is 8.11. The molecule has 0 fully saturated rings. The first-order valence-corrected chi connectivity index (χ1v) is 9.64. The van der Waals surface area contributed by atoms with Crippen LogP contribution in [0.15, 0.2) is 30.5 Å². The minimum atomic E-state index is -1.57. The zero-order valence-corrected chi connectivity index (χ0v) is 16.9. The Labute approximate surface area is 177 Å². The second-order valence-corrected chi connectivity index (χ2v) is 7.23. The van der Waals surface area contributed by atoms with Crippen LogP contribution in [0.1, 0.15) is 25.3 Å². The van der Waals surface area contributed by atoms with E-state index in [9.17, 15) is 29.4 Å². The number of fused-ring (bicyclic) bond motifs is 1. The summed E-state index contributed by atoms with van der Waals surface area (Å²) in [6.07, 6.45) is -0.140. The Morgan fingerprint density at radius 3 is 2.39 bits per heavy atom. The third-order valence-corrected chi connectivity index (χ3v) is 4.78. The predicted molar refractivity (Wildman–Crippen MR) is 110 cm³/mol. The average Bonchev–Trinajstić information content (AvgIpc) is 3.11. The Balaban J connectivity index is 2.23. The summed E-state index contributed by atoms with van der Waals surface area (Å²) in [5.74, 6) is -4.11. The second kappa shape index (κ2) is 10.5. The molecule has 168 valence electrons. The smallest absolute Gasteiger partial charge is 0.328 e. The van der Waals surface area contributed by atoms with Crippen molar-refractivity contribution in [2.75, 3.05) is 0 Å². The molecule has 4 atom stereocenters. The van der Waals surface area contributed by atoms with E-state index in [0.717, 1.165) is 10.9 Å². The second-order valence-electron chi connectivity index (χ2n) is 7.23. The number of carboxylic acid groups (broad SMARTS) is 2. The van der Waals surface area contributed by atoms with Crippen LogP contribution in [0, 0.1) is 0 Å². The van der Waals surface area contributed by atoms with Gasteiger partial charge in [0, 0.05) is 29.9 Å². The lowest BCUT2D eigenvalue weighted by atomic mass is 10.0. The van der Waals surface area contributed by atoms with Gasteiger partial charge >= 0.3 is 11.9 Å². The molecule has 0 radical (unpaired) electrons. The van der Waals surface area contributed by atoms with Gasteiger partial charge in [-0.25, -0.2) is 4.79 Å². The van der Waals surface area contributed by atoms with Gasteiger partial charge in [-0.2, -0.15) is 0 Å². The first-order chi connectivity index (χ1) is 14.6. The van der Waals surface area contributed by atoms with Gasteiger partial charge in [0.25, 0.3) is 0 Å². The lowest BCUT2D eigenvalue weighted by molar-refractivity contribution is -0.145. The first-order valence-electron chi connectivity index (χ1n) is 9.64. The van der Waals surface area contributed by atoms with Crippen LogP contribution in [0.5, 0.6) is 0 Å². The van der Waals surface area contributed by atoms with E-state index < -0.39 is 48.0 Å². The van der Waals surface area contributed by atoms with Gasteiger partial charge in [-0.1, -0.05) is 18.2 Å². The van der Waals surface area contributed by atoms with Crippen LogP contribution >= 0.6 is 0 Å². The van der Waals surface area contributed by atoms with E-state index in [1.54, 1.807) is 6.20 Å². The molecule has 0 saturated carbocycles. The maximum atomic E-state index is 12.8. The number of aromatic nitrogens is 1. The molecule has 1 aromatic carbocycles. The number of aliphatic carboxylic acids is 2. The molecule has 0 aliphatic carbocycles. The summed E-state index contributed by atoms with van der Waals surface area (Å²) >= 11 is 0. The van der Waals surface area contributed by atoms with Crippen LogP contribution in [-0.2, 0) is 25.6 Å². The minimum Gasteiger partial charge on any atom is -0.481 e. The molecular weight excluding hydrogens is 408 g/mol. The highest BCUT2D eigenvalue weighted by atomic mass is 16.4. The fraction of sp³-hybridized carbons (Fsp3) is 0.400. The van der Waals surface area contributed by atoms with E-state index in [2.05, 4.69) is 15.6 Å². The zero-order chi connectivity index (χ0) is 23.1. The largest absolute Gasteiger partial charge is 0.481 e. The van der Waals surface area contributed by atoms with Gasteiger partial charge in [0.05, 0.1) is 12.1 Å². The maximum absolute atomic E-state index is 12.8. The molecule has 0 unspecified atom stereocenters. The van der Waals surface area contributed by atoms with Crippen LogP contribution in [0.25, 0.3) is 10.9 Å². The first kappa shape index (κ1) is 23.8. The molecule has 2 rings (SSSR count). The summed E-state index contributed by atoms with van der Waals surface area (Å²) in [6, 6.07) is 3.36. The molecule has 11 heteroatoms. The standard InChI is InChI=1S/C20H26N4O7/c1-10(25)17(20(30)31)24-19(29)15(23-18(28)13(21)6-7-16(26)27)8-11-9-22-14-5-3-2-4-12(11)14/h2-5,9-10,13,15,17,22,25H,6-8,21H2,1H3,(H,23,28)(H,24,29)(H,26,27)(H,30,31)/t10-,13+,15+,17+/m1/s1. The Bertz CT molecular complexity index is 956. The molecule has 0 spiro atoms. The van der Waals surface area contributed by atoms with Gasteiger partial charge in [-0.15, -0.1) is 0 Å². The Morgan fingerprint density at radius 1 is 1.10 bits per heavy atom. The van der Waals surface area contributed by atoms with E-state index >= 15 is 0 Å². The molecule has 0 bridgehead atoms. The van der Waals surface area contributed by atoms with E-state index in [1.165, 1.54) is 6.92 Å². The van der Waals surface area contributed by atoms with Crippen LogP contribution in [0.2, 0.25) is 0 Å². The highest BCUT2D eigenvalue weighted by Gasteiger charge is 2.31. The number of H-pyrrole nitrogens is 1. The molecule has 0 aliphatic heterocycles. The number of carbonyl (C=O) groups is 4. The molecule has 31 heavy (non-hydrogen) atoms. The van der Waals surface area contributed by atoms with Crippen molar-refractivity contribution in [3.63, 3.8) is 0 Å². The zero-order valence-electron chi connectivity index (χ0n) is 16.9. The summed E-state index contributed by atoms with van der Waals surface area (Å²) in [7, 11) is 0. The molecule has 2 aromatic rings. The van der Waals surface area contributed by atoms with Crippen molar-refractivity contribution in [3.8, 4) is 0 Å². The quantitative estimate of drug-likeness (QED) is 0.242. The van der Waals surface area contributed by atoms with Crippen molar-refractivity contribution in [1.29, 1.82) is 0 Å². The highest BCUT2D eigenvalue weighted by Crippen LogP contribution is 2.19. The fourth-order valence-corrected chi connectivity index (χ4v) is 3.06. The number of para-hydroxylation sites is 1. The number of aromatic amines is 1. The van der Waals surface area contributed by atoms with Gasteiger partial charge in [0.2, 0.25) is 11.8 Å². The SMILES string of the molecule is C[C@@H](O)[C@H](NC(=O)[C@H](Cc1c[nH]c2ccccc12)NC(=O)[C@@H](N)CCC(=O)O)C(=O)O. The number of carboxylic acids is 2. The molecule has 11 nitrogen and oxygen atoms in total. The highest BCUT2D eigenvalue weighted by molar-refractivity contribution is 5.93. The van der Waals surface area contributed by atoms with Crippen LogP contribution < -0.4 is 16.4 Å². The molecule has 8 N–H and O–H groups in total. The van der Waals surface area contributed by atoms with Crippen molar-refractivity contribution in [3.05, 3.63) is 36.0 Å². The van der Waals surface area contributed by atoms with Crippen LogP contribution in [0.4, 0.5) is 0 Å². The summed E-state index contributed by atoms with van der Waals surface area (Å²) in [6.45, 7) is 1.22. The van der Waals surface area contributed by atoms with E-state index in [0.29, 0.717) is 5.56 Å². The number of aliphatic hydroxyl groups excluding tert-OH is 1. The van der Waals surface area contributed by atoms with Gasteiger partial charge in [-0.05, 0) is 25.0 Å². The van der Waals surface area contributed by atoms with Crippen molar-refractivity contribution < 1.29 is 34.5 Å². The summed E-state index contributed by atoms with van der Waals surface area (Å²) in [4.78, 5) is 50.3. The van der Waals surface area contributed by atoms with Crippen LogP contribution in [0.3, 0.4) is 0 Å². The maximum Gasteiger partial charge on any atom is 0.328 e. The van der Waals surface area contributed by atoms with Gasteiger partial charge in [0.15, 0.2) is 6.04 Å². The normalized spacial score (nSPS) is 14.9. The number of rotatable bonds is 11. The third kappa shape index (κ3) is 6.52. The van der Waals surface area contributed by atoms with E-state index in [-0.39, 0.29) is 19.3 Å². The topological polar surface area (TPSA) is 195 Å². The molecule has 0 aliphatic rings. The number of aliphatic hydroxyl groups is 1. The van der Waals surface area contributed by atoms with E-state index in [4.69, 9.17) is 10.8 Å². The summed E-state index contributed by atoms with van der Waals surface area (Å²) in [5, 5.41) is 33.1. The van der Waals surface area contributed by atoms with E-state index in [1.807, 2.05) is 24.3 Å². The van der Waals surface area contributed by atoms with Gasteiger partial charge in [-0.3, -0.25) is 14.4 Å². The number of hydrogen-bond acceptors (Lipinski definition) is 6. The van der Waals surface area contributed by atoms with Crippen molar-refractivity contribution in [1.82, 2.24) is 15.6 Å². The summed E-state index contributed by atoms with van der Waals surface area (Å²) < 4.78 is 0. The molecule has 1 heterocycles. The number of amides is 2. The number of carbonyl (C=O) groups excluding carboxylic acids is 2. The number of benzene rings is 1. The van der Waals surface area contributed by atoms with Crippen LogP contribution in [-0.4, -0.2) is 68.3 Å². The van der Waals surface area contributed by atoms with Gasteiger partial charge in [0.1, 0.15) is 6.04 Å². The predicted octanol–water partition coefficient (Wildman–Crippen LogP) is -0.662. The lowest BCUT2D eigenvalue weighted by Crippen LogP contribution is -2.57. The Hall–Kier alpha value is -3.44. The third-order valence-electron chi connectivity index (χ3n) is 4.78. The summed E-state index contributed by atoms with van der Waals surface area (Å²) in [5.41, 5.74) is 7.24. The minimum absolute atomic E-state index is 0.0133. The number of hydrogen-bond donors (Lipinski definition) is 7. The molecule has 2 amide bonds.